The van der Waals surface area contributed by atoms with Gasteiger partial charge in [0.1, 0.15) is 13.2 Å². The number of rotatable bonds is 4. The van der Waals surface area contributed by atoms with Crippen LogP contribution in [0.2, 0.25) is 0 Å². The molecule has 4 bridgehead atoms. The zero-order valence-electron chi connectivity index (χ0n) is 10.8. The summed E-state index contributed by atoms with van der Waals surface area (Å²) in [5.74, 6) is 6.68. The molecule has 0 spiro atoms. The van der Waals surface area contributed by atoms with E-state index in [0.29, 0.717) is 13.2 Å². The molecule has 0 radical (unpaired) electrons. The summed E-state index contributed by atoms with van der Waals surface area (Å²) >= 11 is 0. The third-order valence-corrected chi connectivity index (χ3v) is 4.88. The van der Waals surface area contributed by atoms with Gasteiger partial charge in [0, 0.05) is 6.42 Å². The van der Waals surface area contributed by atoms with E-state index in [1.165, 1.54) is 6.42 Å². The van der Waals surface area contributed by atoms with Gasteiger partial charge >= 0.3 is 0 Å². The molecule has 2 nitrogen and oxygen atoms in total. The minimum Gasteiger partial charge on any atom is -0.362 e. The molecule has 18 heavy (non-hydrogen) atoms. The molecule has 96 valence electrons. The van der Waals surface area contributed by atoms with Crippen LogP contribution in [-0.2, 0) is 9.47 Å². The van der Waals surface area contributed by atoms with Crippen LogP contribution >= 0.6 is 0 Å². The molecule has 4 fully saturated rings. The third kappa shape index (κ3) is 1.95. The Kier molecular flexibility index (Phi) is 2.89. The first-order valence-corrected chi connectivity index (χ1v) is 6.84. The maximum atomic E-state index is 6.03. The number of ether oxygens (including phenoxy) is 2. The Labute approximate surface area is 109 Å². The third-order valence-electron chi connectivity index (χ3n) is 4.88. The van der Waals surface area contributed by atoms with Crippen molar-refractivity contribution in [1.29, 1.82) is 0 Å². The largest absolute Gasteiger partial charge is 0.362 e. The second-order valence-corrected chi connectivity index (χ2v) is 6.31. The summed E-state index contributed by atoms with van der Waals surface area (Å²) in [6.07, 6.45) is 17.6. The van der Waals surface area contributed by atoms with E-state index in [4.69, 9.17) is 22.3 Å². The maximum absolute atomic E-state index is 6.03. The van der Waals surface area contributed by atoms with Crippen LogP contribution in [0, 0.1) is 36.5 Å². The highest BCUT2D eigenvalue weighted by Gasteiger charge is 2.59. The van der Waals surface area contributed by atoms with Crippen LogP contribution in [0.25, 0.3) is 0 Å². The lowest BCUT2D eigenvalue weighted by Crippen LogP contribution is -2.61. The fraction of sp³-hybridized carbons (Fsp3) is 0.750. The van der Waals surface area contributed by atoms with Crippen molar-refractivity contribution >= 4 is 0 Å². The molecule has 0 heterocycles. The van der Waals surface area contributed by atoms with E-state index >= 15 is 0 Å². The molecule has 0 saturated heterocycles. The second-order valence-electron chi connectivity index (χ2n) is 6.31. The van der Waals surface area contributed by atoms with Crippen LogP contribution in [0.5, 0.6) is 0 Å². The molecular weight excluding hydrogens is 224 g/mol. The van der Waals surface area contributed by atoms with Gasteiger partial charge in [0.15, 0.2) is 0 Å². The van der Waals surface area contributed by atoms with Crippen molar-refractivity contribution in [1.82, 2.24) is 0 Å². The predicted octanol–water partition coefficient (Wildman–Crippen LogP) is 2.38. The van der Waals surface area contributed by atoms with Gasteiger partial charge in [0.25, 0.3) is 0 Å². The van der Waals surface area contributed by atoms with Gasteiger partial charge in [-0.1, -0.05) is 11.8 Å². The van der Waals surface area contributed by atoms with E-state index in [0.717, 1.165) is 43.9 Å². The van der Waals surface area contributed by atoms with E-state index in [1.54, 1.807) is 0 Å². The summed E-state index contributed by atoms with van der Waals surface area (Å²) in [4.78, 5) is 0. The molecule has 2 heteroatoms. The molecule has 4 aliphatic rings. The predicted molar refractivity (Wildman–Crippen MR) is 69.7 cm³/mol. The van der Waals surface area contributed by atoms with Gasteiger partial charge < -0.3 is 9.47 Å². The van der Waals surface area contributed by atoms with Crippen LogP contribution in [-0.4, -0.2) is 24.4 Å². The molecule has 0 atom stereocenters. The fourth-order valence-electron chi connectivity index (χ4n) is 4.82. The average molecular weight is 244 g/mol. The second kappa shape index (κ2) is 4.30. The van der Waals surface area contributed by atoms with Crippen molar-refractivity contribution in [2.75, 3.05) is 13.2 Å². The number of hydrogen-bond acceptors (Lipinski definition) is 2. The lowest BCUT2D eigenvalue weighted by atomic mass is 9.52. The lowest BCUT2D eigenvalue weighted by molar-refractivity contribution is -0.229. The zero-order valence-corrected chi connectivity index (χ0v) is 10.8. The first-order chi connectivity index (χ1) is 8.69. The topological polar surface area (TPSA) is 18.5 Å². The van der Waals surface area contributed by atoms with Crippen LogP contribution < -0.4 is 0 Å². The van der Waals surface area contributed by atoms with E-state index < -0.39 is 0 Å². The summed E-state index contributed by atoms with van der Waals surface area (Å²) < 4.78 is 12.1. The lowest BCUT2D eigenvalue weighted by Gasteiger charge is -2.61. The Hall–Kier alpha value is -0.960. The van der Waals surface area contributed by atoms with Gasteiger partial charge in [-0.2, -0.15) is 0 Å². The van der Waals surface area contributed by atoms with E-state index in [1.807, 2.05) is 0 Å². The highest BCUT2D eigenvalue weighted by molar-refractivity contribution is 5.11. The van der Waals surface area contributed by atoms with Crippen molar-refractivity contribution in [2.45, 2.75) is 49.7 Å². The van der Waals surface area contributed by atoms with Crippen LogP contribution in [0.3, 0.4) is 0 Å². The zero-order chi connectivity index (χ0) is 12.6. The molecule has 0 aromatic rings. The van der Waals surface area contributed by atoms with Crippen molar-refractivity contribution in [2.24, 2.45) is 11.8 Å². The van der Waals surface area contributed by atoms with E-state index in [2.05, 4.69) is 11.8 Å². The molecular formula is C16H20O2. The van der Waals surface area contributed by atoms with Gasteiger partial charge in [-0.3, -0.25) is 0 Å². The Bertz CT molecular complexity index is 362. The first kappa shape index (κ1) is 12.1. The summed E-state index contributed by atoms with van der Waals surface area (Å²) in [6, 6.07) is 0. The first-order valence-electron chi connectivity index (χ1n) is 6.84. The Morgan fingerprint density at radius 3 is 1.72 bits per heavy atom. The highest BCUT2D eigenvalue weighted by atomic mass is 16.5. The molecule has 0 N–H and O–H groups in total. The number of terminal acetylenes is 2. The van der Waals surface area contributed by atoms with Crippen molar-refractivity contribution in [3.63, 3.8) is 0 Å². The summed E-state index contributed by atoms with van der Waals surface area (Å²) in [5, 5.41) is 0. The highest BCUT2D eigenvalue weighted by Crippen LogP contribution is 2.60. The molecule has 0 aliphatic heterocycles. The maximum Gasteiger partial charge on any atom is 0.108 e. The minimum atomic E-state index is -0.0228. The van der Waals surface area contributed by atoms with Crippen LogP contribution in [0.15, 0.2) is 0 Å². The monoisotopic (exact) mass is 244 g/mol. The minimum absolute atomic E-state index is 0.0228. The van der Waals surface area contributed by atoms with Gasteiger partial charge in [-0.25, -0.2) is 0 Å². The summed E-state index contributed by atoms with van der Waals surface area (Å²) in [7, 11) is 0. The van der Waals surface area contributed by atoms with E-state index in [-0.39, 0.29) is 11.2 Å². The van der Waals surface area contributed by atoms with Gasteiger partial charge in [0.2, 0.25) is 0 Å². The van der Waals surface area contributed by atoms with Crippen molar-refractivity contribution in [3.8, 4) is 24.7 Å². The Morgan fingerprint density at radius 2 is 1.33 bits per heavy atom. The molecule has 4 aliphatic carbocycles. The molecule has 0 aromatic carbocycles. The summed E-state index contributed by atoms with van der Waals surface area (Å²) in [6.45, 7) is 0.843. The summed E-state index contributed by atoms with van der Waals surface area (Å²) in [5.41, 5.74) is -0.0455. The van der Waals surface area contributed by atoms with Gasteiger partial charge in [0.05, 0.1) is 11.2 Å². The average Bonchev–Trinajstić information content (AvgIpc) is 2.32. The standard InChI is InChI=1S/C16H20O2/c1-3-5-17-15-8-13-7-14(9-15)11-16(10-13,12-15)18-6-4-2/h1-2,13-14H,5-12H2. The Balaban J connectivity index is 1.80. The van der Waals surface area contributed by atoms with Crippen molar-refractivity contribution < 1.29 is 9.47 Å². The molecule has 0 unspecified atom stereocenters. The normalized spacial score (nSPS) is 44.6. The SMILES string of the molecule is C#CCOC12CC3CC(C1)CC(OCC#C)(C3)C2. The molecule has 4 rings (SSSR count). The number of hydrogen-bond donors (Lipinski definition) is 0. The fourth-order valence-corrected chi connectivity index (χ4v) is 4.82. The Morgan fingerprint density at radius 1 is 0.889 bits per heavy atom. The molecule has 4 saturated carbocycles. The van der Waals surface area contributed by atoms with Crippen LogP contribution in [0.1, 0.15) is 38.5 Å². The van der Waals surface area contributed by atoms with E-state index in [9.17, 15) is 0 Å². The quantitative estimate of drug-likeness (QED) is 0.707. The smallest absolute Gasteiger partial charge is 0.108 e. The van der Waals surface area contributed by atoms with Crippen molar-refractivity contribution in [3.05, 3.63) is 0 Å². The van der Waals surface area contributed by atoms with Gasteiger partial charge in [-0.05, 0) is 43.9 Å². The van der Waals surface area contributed by atoms with Gasteiger partial charge in [-0.15, -0.1) is 12.8 Å². The van der Waals surface area contributed by atoms with Crippen LogP contribution in [0.4, 0.5) is 0 Å². The molecule has 0 aromatic heterocycles. The molecule has 0 amide bonds.